The third kappa shape index (κ3) is 3.21. The molecule has 1 rings (SSSR count). The summed E-state index contributed by atoms with van der Waals surface area (Å²) >= 11 is 0. The molecular formula is C11H24N2O4S. The number of hydrogen-bond donors (Lipinski definition) is 2. The lowest BCUT2D eigenvalue weighted by Crippen LogP contribution is -2.63. The lowest BCUT2D eigenvalue weighted by Gasteiger charge is -2.51. The lowest BCUT2D eigenvalue weighted by molar-refractivity contribution is -0.0911. The van der Waals surface area contributed by atoms with Gasteiger partial charge in [-0.2, -0.15) is 17.4 Å². The fourth-order valence-corrected chi connectivity index (χ4v) is 3.48. The number of nitrogens with zero attached hydrogens (tertiary/aromatic N) is 1. The molecule has 0 bridgehead atoms. The summed E-state index contributed by atoms with van der Waals surface area (Å²) in [6.07, 6.45) is 1.22. The third-order valence-corrected chi connectivity index (χ3v) is 5.38. The van der Waals surface area contributed by atoms with E-state index in [1.807, 2.05) is 13.8 Å². The van der Waals surface area contributed by atoms with Crippen molar-refractivity contribution in [2.24, 2.45) is 5.41 Å². The Kier molecular flexibility index (Phi) is 5.13. The minimum atomic E-state index is -3.48. The normalized spacial score (nSPS) is 27.2. The van der Waals surface area contributed by atoms with Crippen LogP contribution in [0.1, 0.15) is 26.7 Å². The van der Waals surface area contributed by atoms with Crippen LogP contribution in [0.3, 0.4) is 0 Å². The molecule has 0 aromatic carbocycles. The maximum atomic E-state index is 12.0. The predicted molar refractivity (Wildman–Crippen MR) is 69.4 cm³/mol. The number of aliphatic hydroxyl groups excluding tert-OH is 1. The van der Waals surface area contributed by atoms with Crippen molar-refractivity contribution >= 4 is 10.2 Å². The molecule has 6 nitrogen and oxygen atoms in total. The van der Waals surface area contributed by atoms with Crippen LogP contribution in [0.25, 0.3) is 0 Å². The van der Waals surface area contributed by atoms with Gasteiger partial charge in [0.05, 0.1) is 6.10 Å². The summed E-state index contributed by atoms with van der Waals surface area (Å²) in [6.45, 7) is 4.28. The zero-order valence-electron chi connectivity index (χ0n) is 11.5. The molecule has 18 heavy (non-hydrogen) atoms. The summed E-state index contributed by atoms with van der Waals surface area (Å²) in [5.74, 6) is 0. The van der Waals surface area contributed by atoms with Crippen molar-refractivity contribution in [1.29, 1.82) is 0 Å². The fraction of sp³-hybridized carbons (Fsp3) is 1.00. The summed E-state index contributed by atoms with van der Waals surface area (Å²) in [7, 11) is -0.324. The number of nitrogens with one attached hydrogen (secondary N) is 1. The number of hydrogen-bond acceptors (Lipinski definition) is 4. The van der Waals surface area contributed by atoms with E-state index in [1.165, 1.54) is 11.4 Å². The van der Waals surface area contributed by atoms with Gasteiger partial charge in [-0.3, -0.25) is 0 Å². The molecule has 2 atom stereocenters. The predicted octanol–water partition coefficient (Wildman–Crippen LogP) is -0.0515. The maximum Gasteiger partial charge on any atom is 0.279 e. The Hall–Kier alpha value is -0.210. The molecule has 0 aromatic rings. The van der Waals surface area contributed by atoms with Gasteiger partial charge in [-0.25, -0.2) is 0 Å². The number of aliphatic hydroxyl groups is 1. The second-order valence-corrected chi connectivity index (χ2v) is 7.16. The van der Waals surface area contributed by atoms with Gasteiger partial charge < -0.3 is 9.84 Å². The van der Waals surface area contributed by atoms with Crippen LogP contribution in [-0.4, -0.2) is 57.3 Å². The van der Waals surface area contributed by atoms with Crippen LogP contribution in [0.5, 0.6) is 0 Å². The van der Waals surface area contributed by atoms with Gasteiger partial charge in [-0.15, -0.1) is 0 Å². The highest BCUT2D eigenvalue weighted by atomic mass is 32.2. The standard InChI is InChI=1S/C11H24N2O4S/c1-11(2)9(8-10(11)17-4)12-18(15,16)13(3)6-5-7-14/h9-10,12,14H,5-8H2,1-4H3. The van der Waals surface area contributed by atoms with Crippen LogP contribution >= 0.6 is 0 Å². The van der Waals surface area contributed by atoms with E-state index in [2.05, 4.69) is 4.72 Å². The molecule has 1 saturated carbocycles. The van der Waals surface area contributed by atoms with Crippen molar-refractivity contribution in [3.63, 3.8) is 0 Å². The summed E-state index contributed by atoms with van der Waals surface area (Å²) < 4.78 is 33.2. The average molecular weight is 280 g/mol. The van der Waals surface area contributed by atoms with E-state index in [4.69, 9.17) is 9.84 Å². The maximum absolute atomic E-state index is 12.0. The Morgan fingerprint density at radius 3 is 2.56 bits per heavy atom. The Balaban J connectivity index is 2.57. The molecule has 1 aliphatic carbocycles. The highest BCUT2D eigenvalue weighted by Gasteiger charge is 2.50. The molecule has 0 aliphatic heterocycles. The van der Waals surface area contributed by atoms with Gasteiger partial charge in [-0.05, 0) is 12.8 Å². The number of methoxy groups -OCH3 is 1. The van der Waals surface area contributed by atoms with Crippen molar-refractivity contribution < 1.29 is 18.3 Å². The SMILES string of the molecule is COC1CC(NS(=O)(=O)N(C)CCCO)C1(C)C. The van der Waals surface area contributed by atoms with Crippen molar-refractivity contribution in [2.75, 3.05) is 27.3 Å². The van der Waals surface area contributed by atoms with Crippen molar-refractivity contribution in [2.45, 2.75) is 38.8 Å². The summed E-state index contributed by atoms with van der Waals surface area (Å²) in [5.41, 5.74) is -0.195. The van der Waals surface area contributed by atoms with Gasteiger partial charge in [0.1, 0.15) is 0 Å². The van der Waals surface area contributed by atoms with Gasteiger partial charge in [0.15, 0.2) is 0 Å². The Bertz CT molecular complexity index is 369. The Morgan fingerprint density at radius 1 is 1.50 bits per heavy atom. The summed E-state index contributed by atoms with van der Waals surface area (Å²) in [4.78, 5) is 0. The summed E-state index contributed by atoms with van der Waals surface area (Å²) in [5, 5.41) is 8.71. The zero-order chi connectivity index (χ0) is 14.0. The molecule has 1 fully saturated rings. The second kappa shape index (κ2) is 5.83. The van der Waals surface area contributed by atoms with E-state index < -0.39 is 10.2 Å². The van der Waals surface area contributed by atoms with Gasteiger partial charge in [-0.1, -0.05) is 13.8 Å². The van der Waals surface area contributed by atoms with Crippen LogP contribution in [0.4, 0.5) is 0 Å². The van der Waals surface area contributed by atoms with Crippen molar-refractivity contribution in [3.8, 4) is 0 Å². The third-order valence-electron chi connectivity index (χ3n) is 3.79. The van der Waals surface area contributed by atoms with E-state index >= 15 is 0 Å². The molecule has 0 heterocycles. The number of rotatable bonds is 7. The van der Waals surface area contributed by atoms with Crippen LogP contribution in [0, 0.1) is 5.41 Å². The van der Waals surface area contributed by atoms with E-state index in [9.17, 15) is 8.42 Å². The van der Waals surface area contributed by atoms with Crippen LogP contribution in [0.15, 0.2) is 0 Å². The monoisotopic (exact) mass is 280 g/mol. The summed E-state index contributed by atoms with van der Waals surface area (Å²) in [6, 6.07) is -0.107. The highest BCUT2D eigenvalue weighted by Crippen LogP contribution is 2.42. The van der Waals surface area contributed by atoms with Gasteiger partial charge >= 0.3 is 0 Å². The molecule has 0 amide bonds. The quantitative estimate of drug-likeness (QED) is 0.685. The first kappa shape index (κ1) is 15.8. The molecule has 0 spiro atoms. The molecule has 0 saturated heterocycles. The number of ether oxygens (including phenoxy) is 1. The zero-order valence-corrected chi connectivity index (χ0v) is 12.3. The molecule has 0 aromatic heterocycles. The molecule has 0 radical (unpaired) electrons. The highest BCUT2D eigenvalue weighted by molar-refractivity contribution is 7.87. The molecule has 2 unspecified atom stereocenters. The average Bonchev–Trinajstić information content (AvgIpc) is 2.30. The van der Waals surface area contributed by atoms with E-state index in [1.54, 1.807) is 7.11 Å². The minimum Gasteiger partial charge on any atom is -0.396 e. The van der Waals surface area contributed by atoms with Crippen LogP contribution in [0.2, 0.25) is 0 Å². The van der Waals surface area contributed by atoms with Gasteiger partial charge in [0, 0.05) is 38.8 Å². The molecule has 108 valence electrons. The fourth-order valence-electron chi connectivity index (χ4n) is 2.17. The molecule has 7 heteroatoms. The van der Waals surface area contributed by atoms with Gasteiger partial charge in [0.25, 0.3) is 10.2 Å². The largest absolute Gasteiger partial charge is 0.396 e. The van der Waals surface area contributed by atoms with Gasteiger partial charge in [0.2, 0.25) is 0 Å². The van der Waals surface area contributed by atoms with E-state index in [0.717, 1.165) is 0 Å². The molecule has 2 N–H and O–H groups in total. The molecular weight excluding hydrogens is 256 g/mol. The first-order chi connectivity index (χ1) is 8.25. The first-order valence-electron chi connectivity index (χ1n) is 6.13. The van der Waals surface area contributed by atoms with Crippen LogP contribution < -0.4 is 4.72 Å². The Morgan fingerprint density at radius 2 is 2.11 bits per heavy atom. The lowest BCUT2D eigenvalue weighted by atomic mass is 9.65. The smallest absolute Gasteiger partial charge is 0.279 e. The van der Waals surface area contributed by atoms with Crippen molar-refractivity contribution in [3.05, 3.63) is 0 Å². The topological polar surface area (TPSA) is 78.9 Å². The van der Waals surface area contributed by atoms with Crippen molar-refractivity contribution in [1.82, 2.24) is 9.03 Å². The minimum absolute atomic E-state index is 0.0134. The van der Waals surface area contributed by atoms with E-state index in [0.29, 0.717) is 19.4 Å². The van der Waals surface area contributed by atoms with Crippen LogP contribution in [-0.2, 0) is 14.9 Å². The van der Waals surface area contributed by atoms with E-state index in [-0.39, 0.29) is 24.2 Å². The molecule has 1 aliphatic rings. The second-order valence-electron chi connectivity index (χ2n) is 5.36. The Labute approximate surface area is 109 Å². The first-order valence-corrected chi connectivity index (χ1v) is 7.57.